The van der Waals surface area contributed by atoms with E-state index in [1.165, 1.54) is 24.8 Å². The molecule has 0 amide bonds. The number of likely N-dealkylation sites (tertiary alicyclic amines) is 1. The van der Waals surface area contributed by atoms with E-state index < -0.39 is 6.10 Å². The fraction of sp³-hybridized carbons (Fsp3) is 0.500. The Morgan fingerprint density at radius 1 is 1.04 bits per heavy atom. The van der Waals surface area contributed by atoms with Gasteiger partial charge in [0.05, 0.1) is 12.7 Å². The molecule has 27 heavy (non-hydrogen) atoms. The first kappa shape index (κ1) is 19.9. The number of rotatable bonds is 8. The minimum absolute atomic E-state index is 0.130. The van der Waals surface area contributed by atoms with Crippen LogP contribution in [0.25, 0.3) is 0 Å². The first-order valence-electron chi connectivity index (χ1n) is 10.4. The first-order valence-corrected chi connectivity index (χ1v) is 10.4. The van der Waals surface area contributed by atoms with Crippen molar-refractivity contribution in [2.45, 2.75) is 51.7 Å². The van der Waals surface area contributed by atoms with Gasteiger partial charge in [-0.1, -0.05) is 49.4 Å². The summed E-state index contributed by atoms with van der Waals surface area (Å²) in [6.07, 6.45) is 4.12. The zero-order chi connectivity index (χ0) is 19.1. The standard InChI is InChI=1S/C24H33NO2/c1-3-17-27-23-11-9-22(10-12-23)24(26)19(2)25-15-13-21(14-16-25)18-20-7-5-4-6-8-20/h4-12,19,21,24,26H,3,13-18H2,1-2H3. The Hall–Kier alpha value is -1.84. The van der Waals surface area contributed by atoms with Gasteiger partial charge >= 0.3 is 0 Å². The van der Waals surface area contributed by atoms with Crippen LogP contribution in [0.15, 0.2) is 54.6 Å². The number of aliphatic hydroxyl groups is 1. The van der Waals surface area contributed by atoms with Crippen LogP contribution in [-0.2, 0) is 6.42 Å². The Balaban J connectivity index is 1.50. The first-order chi connectivity index (χ1) is 13.2. The molecule has 0 saturated carbocycles. The van der Waals surface area contributed by atoms with Gasteiger partial charge < -0.3 is 9.84 Å². The van der Waals surface area contributed by atoms with Gasteiger partial charge in [0, 0.05) is 6.04 Å². The minimum Gasteiger partial charge on any atom is -0.494 e. The van der Waals surface area contributed by atoms with E-state index in [9.17, 15) is 5.11 Å². The second-order valence-corrected chi connectivity index (χ2v) is 7.77. The molecule has 3 heteroatoms. The second kappa shape index (κ2) is 9.91. The van der Waals surface area contributed by atoms with Crippen molar-refractivity contribution in [3.8, 4) is 5.75 Å². The quantitative estimate of drug-likeness (QED) is 0.724. The molecule has 2 aromatic carbocycles. The molecule has 0 aromatic heterocycles. The third-order valence-electron chi connectivity index (χ3n) is 5.74. The summed E-state index contributed by atoms with van der Waals surface area (Å²) in [6.45, 7) is 7.10. The molecule has 0 bridgehead atoms. The van der Waals surface area contributed by atoms with Crippen molar-refractivity contribution in [1.29, 1.82) is 0 Å². The van der Waals surface area contributed by atoms with Gasteiger partial charge in [0.15, 0.2) is 0 Å². The van der Waals surface area contributed by atoms with E-state index in [1.54, 1.807) is 0 Å². The van der Waals surface area contributed by atoms with Crippen molar-refractivity contribution >= 4 is 0 Å². The highest BCUT2D eigenvalue weighted by molar-refractivity contribution is 5.29. The molecular formula is C24H33NO2. The number of benzene rings is 2. The maximum atomic E-state index is 10.8. The molecule has 1 saturated heterocycles. The summed E-state index contributed by atoms with van der Waals surface area (Å²) >= 11 is 0. The lowest BCUT2D eigenvalue weighted by Crippen LogP contribution is -2.43. The lowest BCUT2D eigenvalue weighted by atomic mass is 9.89. The average molecular weight is 368 g/mol. The van der Waals surface area contributed by atoms with E-state index in [0.29, 0.717) is 0 Å². The maximum absolute atomic E-state index is 10.8. The molecule has 2 aromatic rings. The summed E-state index contributed by atoms with van der Waals surface area (Å²) in [5, 5.41) is 10.8. The number of nitrogens with zero attached hydrogens (tertiary/aromatic N) is 1. The summed E-state index contributed by atoms with van der Waals surface area (Å²) in [5.41, 5.74) is 2.41. The summed E-state index contributed by atoms with van der Waals surface area (Å²) < 4.78 is 5.64. The highest BCUT2D eigenvalue weighted by atomic mass is 16.5. The molecule has 146 valence electrons. The fourth-order valence-corrected chi connectivity index (χ4v) is 3.97. The minimum atomic E-state index is -0.462. The van der Waals surface area contributed by atoms with Crippen molar-refractivity contribution in [1.82, 2.24) is 4.90 Å². The van der Waals surface area contributed by atoms with Gasteiger partial charge in [0.2, 0.25) is 0 Å². The molecule has 1 fully saturated rings. The number of hydrogen-bond acceptors (Lipinski definition) is 3. The Labute approximate surface area is 164 Å². The van der Waals surface area contributed by atoms with E-state index in [2.05, 4.69) is 49.1 Å². The summed E-state index contributed by atoms with van der Waals surface area (Å²) in [6, 6.07) is 18.8. The third-order valence-corrected chi connectivity index (χ3v) is 5.74. The van der Waals surface area contributed by atoms with Crippen molar-refractivity contribution in [3.63, 3.8) is 0 Å². The molecular weight excluding hydrogens is 334 g/mol. The molecule has 1 heterocycles. The summed E-state index contributed by atoms with van der Waals surface area (Å²) in [5.74, 6) is 1.63. The Morgan fingerprint density at radius 2 is 1.70 bits per heavy atom. The topological polar surface area (TPSA) is 32.7 Å². The van der Waals surface area contributed by atoms with Crippen LogP contribution in [-0.4, -0.2) is 35.7 Å². The van der Waals surface area contributed by atoms with Crippen LogP contribution in [0.2, 0.25) is 0 Å². The summed E-state index contributed by atoms with van der Waals surface area (Å²) in [4.78, 5) is 2.44. The summed E-state index contributed by atoms with van der Waals surface area (Å²) in [7, 11) is 0. The molecule has 1 aliphatic heterocycles. The van der Waals surface area contributed by atoms with Crippen molar-refractivity contribution in [2.75, 3.05) is 19.7 Å². The van der Waals surface area contributed by atoms with Gasteiger partial charge in [-0.05, 0) is 74.9 Å². The molecule has 2 unspecified atom stereocenters. The van der Waals surface area contributed by atoms with E-state index in [1.807, 2.05) is 24.3 Å². The largest absolute Gasteiger partial charge is 0.494 e. The van der Waals surface area contributed by atoms with E-state index in [0.717, 1.165) is 43.3 Å². The van der Waals surface area contributed by atoms with Crippen LogP contribution in [0, 0.1) is 5.92 Å². The van der Waals surface area contributed by atoms with Gasteiger partial charge in [-0.3, -0.25) is 4.90 Å². The van der Waals surface area contributed by atoms with Crippen LogP contribution < -0.4 is 4.74 Å². The fourth-order valence-electron chi connectivity index (χ4n) is 3.97. The molecule has 2 atom stereocenters. The van der Waals surface area contributed by atoms with Gasteiger partial charge in [-0.2, -0.15) is 0 Å². The molecule has 0 radical (unpaired) electrons. The molecule has 0 aliphatic carbocycles. The molecule has 3 rings (SSSR count). The van der Waals surface area contributed by atoms with Gasteiger partial charge in [-0.15, -0.1) is 0 Å². The second-order valence-electron chi connectivity index (χ2n) is 7.77. The number of ether oxygens (including phenoxy) is 1. The number of piperidine rings is 1. The molecule has 0 spiro atoms. The van der Waals surface area contributed by atoms with Crippen molar-refractivity contribution in [2.24, 2.45) is 5.92 Å². The van der Waals surface area contributed by atoms with Crippen LogP contribution in [0.5, 0.6) is 5.75 Å². The Morgan fingerprint density at radius 3 is 2.33 bits per heavy atom. The molecule has 3 nitrogen and oxygen atoms in total. The smallest absolute Gasteiger partial charge is 0.119 e. The van der Waals surface area contributed by atoms with Crippen molar-refractivity contribution < 1.29 is 9.84 Å². The number of hydrogen-bond donors (Lipinski definition) is 1. The van der Waals surface area contributed by atoms with Crippen LogP contribution >= 0.6 is 0 Å². The van der Waals surface area contributed by atoms with Gasteiger partial charge in [-0.25, -0.2) is 0 Å². The molecule has 1 N–H and O–H groups in total. The lowest BCUT2D eigenvalue weighted by molar-refractivity contribution is 0.0373. The van der Waals surface area contributed by atoms with Crippen LogP contribution in [0.3, 0.4) is 0 Å². The van der Waals surface area contributed by atoms with Crippen molar-refractivity contribution in [3.05, 3.63) is 65.7 Å². The monoisotopic (exact) mass is 367 g/mol. The van der Waals surface area contributed by atoms with Gasteiger partial charge in [0.25, 0.3) is 0 Å². The maximum Gasteiger partial charge on any atom is 0.119 e. The SMILES string of the molecule is CCCOc1ccc(C(O)C(C)N2CCC(Cc3ccccc3)CC2)cc1. The predicted molar refractivity (Wildman–Crippen MR) is 111 cm³/mol. The van der Waals surface area contributed by atoms with E-state index in [4.69, 9.17) is 4.74 Å². The zero-order valence-corrected chi connectivity index (χ0v) is 16.7. The average Bonchev–Trinajstić information content (AvgIpc) is 2.73. The van der Waals surface area contributed by atoms with Gasteiger partial charge in [0.1, 0.15) is 5.75 Å². The van der Waals surface area contributed by atoms with E-state index >= 15 is 0 Å². The number of aliphatic hydroxyl groups excluding tert-OH is 1. The molecule has 1 aliphatic rings. The predicted octanol–water partition coefficient (Wildman–Crippen LogP) is 4.85. The highest BCUT2D eigenvalue weighted by Crippen LogP contribution is 2.28. The van der Waals surface area contributed by atoms with Crippen LogP contribution in [0.4, 0.5) is 0 Å². The highest BCUT2D eigenvalue weighted by Gasteiger charge is 2.27. The lowest BCUT2D eigenvalue weighted by Gasteiger charge is -2.38. The Bertz CT molecular complexity index is 663. The van der Waals surface area contributed by atoms with E-state index in [-0.39, 0.29) is 6.04 Å². The Kier molecular flexibility index (Phi) is 7.31. The van der Waals surface area contributed by atoms with Crippen LogP contribution in [0.1, 0.15) is 50.3 Å². The third kappa shape index (κ3) is 5.57. The normalized spacial score (nSPS) is 18.2. The zero-order valence-electron chi connectivity index (χ0n) is 16.7.